The number of rotatable bonds is 8. The van der Waals surface area contributed by atoms with E-state index in [-0.39, 0.29) is 29.7 Å². The zero-order valence-corrected chi connectivity index (χ0v) is 19.6. The van der Waals surface area contributed by atoms with Crippen molar-refractivity contribution < 1.29 is 8.42 Å². The van der Waals surface area contributed by atoms with Gasteiger partial charge in [-0.25, -0.2) is 13.1 Å². The number of hydrogen-bond donors (Lipinski definition) is 3. The maximum Gasteiger partial charge on any atom is 0.213 e. The molecule has 1 saturated carbocycles. The molecule has 26 heavy (non-hydrogen) atoms. The largest absolute Gasteiger partial charge is 0.355 e. The summed E-state index contributed by atoms with van der Waals surface area (Å²) in [7, 11) is -1.50. The third-order valence-corrected chi connectivity index (χ3v) is 6.74. The Kier molecular flexibility index (Phi) is 10.1. The summed E-state index contributed by atoms with van der Waals surface area (Å²) in [5.41, 5.74) is 0. The minimum Gasteiger partial charge on any atom is -0.355 e. The second-order valence-electron chi connectivity index (χ2n) is 7.74. The average molecular weight is 501 g/mol. The van der Waals surface area contributed by atoms with Gasteiger partial charge in [-0.05, 0) is 38.5 Å². The van der Waals surface area contributed by atoms with Gasteiger partial charge >= 0.3 is 0 Å². The van der Waals surface area contributed by atoms with Gasteiger partial charge in [-0.1, -0.05) is 13.3 Å². The van der Waals surface area contributed by atoms with E-state index in [1.807, 2.05) is 0 Å². The summed E-state index contributed by atoms with van der Waals surface area (Å²) in [6.07, 6.45) is 3.51. The summed E-state index contributed by atoms with van der Waals surface area (Å²) in [5, 5.41) is 6.57. The molecule has 2 unspecified atom stereocenters. The fourth-order valence-electron chi connectivity index (χ4n) is 3.30. The zero-order chi connectivity index (χ0) is 18.4. The van der Waals surface area contributed by atoms with Crippen LogP contribution in [0.3, 0.4) is 0 Å². The molecule has 0 aromatic heterocycles. The molecule has 0 bridgehead atoms. The van der Waals surface area contributed by atoms with Crippen LogP contribution in [0.25, 0.3) is 0 Å². The number of sulfonamides is 1. The quantitative estimate of drug-likeness (QED) is 0.265. The van der Waals surface area contributed by atoms with Gasteiger partial charge in [0.1, 0.15) is 0 Å². The van der Waals surface area contributed by atoms with Gasteiger partial charge in [-0.3, -0.25) is 9.89 Å². The lowest BCUT2D eigenvalue weighted by atomic mass is 9.86. The molecule has 154 valence electrons. The monoisotopic (exact) mass is 501 g/mol. The minimum atomic E-state index is -3.22. The standard InChI is InChI=1S/C17H35N5O2S.HI/c1-13(2)22-11-14(3)16(12-22)21-17(18-4)19-8-9-25(23,24)20-10-15-6-5-7-15;/h13-16,20H,5-12H2,1-4H3,(H2,18,19,21);1H. The lowest BCUT2D eigenvalue weighted by Gasteiger charge is -2.25. The predicted octanol–water partition coefficient (Wildman–Crippen LogP) is 1.22. The molecule has 0 aromatic rings. The van der Waals surface area contributed by atoms with Crippen molar-refractivity contribution in [2.45, 2.75) is 52.1 Å². The molecular weight excluding hydrogens is 465 g/mol. The Balaban J connectivity index is 0.00000338. The Bertz CT molecular complexity index is 551. The van der Waals surface area contributed by atoms with Crippen LogP contribution < -0.4 is 15.4 Å². The molecule has 3 N–H and O–H groups in total. The summed E-state index contributed by atoms with van der Waals surface area (Å²) in [5.74, 6) is 1.81. The topological polar surface area (TPSA) is 85.8 Å². The van der Waals surface area contributed by atoms with Crippen LogP contribution in [0.2, 0.25) is 0 Å². The smallest absolute Gasteiger partial charge is 0.213 e. The van der Waals surface area contributed by atoms with Gasteiger partial charge in [0.2, 0.25) is 10.0 Å². The Morgan fingerprint density at radius 2 is 1.96 bits per heavy atom. The fourth-order valence-corrected chi connectivity index (χ4v) is 4.31. The molecule has 0 amide bonds. The molecule has 1 aliphatic carbocycles. The highest BCUT2D eigenvalue weighted by Crippen LogP contribution is 2.25. The summed E-state index contributed by atoms with van der Waals surface area (Å²) < 4.78 is 26.8. The van der Waals surface area contributed by atoms with Crippen LogP contribution >= 0.6 is 24.0 Å². The first-order valence-electron chi connectivity index (χ1n) is 9.49. The van der Waals surface area contributed by atoms with Gasteiger partial charge in [-0.15, -0.1) is 24.0 Å². The number of likely N-dealkylation sites (tertiary alicyclic amines) is 1. The number of hydrogen-bond acceptors (Lipinski definition) is 4. The van der Waals surface area contributed by atoms with Crippen LogP contribution in [-0.2, 0) is 10.0 Å². The molecule has 2 rings (SSSR count). The van der Waals surface area contributed by atoms with Crippen molar-refractivity contribution in [3.05, 3.63) is 0 Å². The Morgan fingerprint density at radius 1 is 1.27 bits per heavy atom. The van der Waals surface area contributed by atoms with Gasteiger partial charge in [0.25, 0.3) is 0 Å². The summed E-state index contributed by atoms with van der Waals surface area (Å²) in [4.78, 5) is 6.68. The molecule has 1 saturated heterocycles. The maximum absolute atomic E-state index is 12.0. The zero-order valence-electron chi connectivity index (χ0n) is 16.5. The molecule has 2 atom stereocenters. The third kappa shape index (κ3) is 7.47. The molecule has 0 aromatic carbocycles. The van der Waals surface area contributed by atoms with Crippen LogP contribution in [0.15, 0.2) is 4.99 Å². The van der Waals surface area contributed by atoms with E-state index in [0.29, 0.717) is 43.0 Å². The van der Waals surface area contributed by atoms with E-state index in [0.717, 1.165) is 25.9 Å². The van der Waals surface area contributed by atoms with Crippen molar-refractivity contribution in [3.63, 3.8) is 0 Å². The lowest BCUT2D eigenvalue weighted by molar-refractivity contribution is 0.265. The molecule has 0 spiro atoms. The molecule has 1 heterocycles. The maximum atomic E-state index is 12.0. The first-order chi connectivity index (χ1) is 11.8. The first-order valence-corrected chi connectivity index (χ1v) is 11.1. The number of guanidine groups is 1. The second-order valence-corrected chi connectivity index (χ2v) is 9.67. The number of nitrogens with one attached hydrogen (secondary N) is 3. The van der Waals surface area contributed by atoms with E-state index in [1.165, 1.54) is 6.42 Å². The van der Waals surface area contributed by atoms with E-state index in [9.17, 15) is 8.42 Å². The van der Waals surface area contributed by atoms with Crippen molar-refractivity contribution in [1.29, 1.82) is 0 Å². The first kappa shape index (κ1) is 23.9. The van der Waals surface area contributed by atoms with Crippen molar-refractivity contribution in [2.24, 2.45) is 16.8 Å². The van der Waals surface area contributed by atoms with Gasteiger partial charge in [0.15, 0.2) is 5.96 Å². The minimum absolute atomic E-state index is 0. The highest BCUT2D eigenvalue weighted by atomic mass is 127. The normalized spacial score (nSPS) is 25.0. The molecule has 7 nitrogen and oxygen atoms in total. The summed E-state index contributed by atoms with van der Waals surface area (Å²) in [6, 6.07) is 0.873. The molecule has 9 heteroatoms. The summed E-state index contributed by atoms with van der Waals surface area (Å²) in [6.45, 7) is 9.66. The molecule has 1 aliphatic heterocycles. The van der Waals surface area contributed by atoms with Crippen LogP contribution in [0.5, 0.6) is 0 Å². The number of aliphatic imine (C=N–C) groups is 1. The lowest BCUT2D eigenvalue weighted by Crippen LogP contribution is -2.48. The predicted molar refractivity (Wildman–Crippen MR) is 119 cm³/mol. The number of halogens is 1. The van der Waals surface area contributed by atoms with Crippen molar-refractivity contribution in [1.82, 2.24) is 20.3 Å². The van der Waals surface area contributed by atoms with E-state index in [2.05, 4.69) is 46.0 Å². The highest BCUT2D eigenvalue weighted by Gasteiger charge is 2.31. The van der Waals surface area contributed by atoms with E-state index in [4.69, 9.17) is 0 Å². The van der Waals surface area contributed by atoms with Crippen molar-refractivity contribution in [3.8, 4) is 0 Å². The van der Waals surface area contributed by atoms with Crippen LogP contribution in [0.4, 0.5) is 0 Å². The third-order valence-electron chi connectivity index (χ3n) is 5.40. The van der Waals surface area contributed by atoms with Crippen molar-refractivity contribution >= 4 is 40.0 Å². The van der Waals surface area contributed by atoms with Gasteiger partial charge in [0, 0.05) is 45.3 Å². The van der Waals surface area contributed by atoms with Crippen LogP contribution in [0, 0.1) is 11.8 Å². The molecule has 2 fully saturated rings. The van der Waals surface area contributed by atoms with Gasteiger partial charge in [-0.2, -0.15) is 0 Å². The molecule has 2 aliphatic rings. The van der Waals surface area contributed by atoms with E-state index >= 15 is 0 Å². The van der Waals surface area contributed by atoms with E-state index in [1.54, 1.807) is 7.05 Å². The van der Waals surface area contributed by atoms with Gasteiger partial charge < -0.3 is 10.6 Å². The molecule has 0 radical (unpaired) electrons. The van der Waals surface area contributed by atoms with Crippen LogP contribution in [0.1, 0.15) is 40.0 Å². The number of nitrogens with zero attached hydrogens (tertiary/aromatic N) is 2. The Hall–Kier alpha value is -0.130. The average Bonchev–Trinajstić information content (AvgIpc) is 2.85. The van der Waals surface area contributed by atoms with E-state index < -0.39 is 10.0 Å². The Morgan fingerprint density at radius 3 is 2.46 bits per heavy atom. The molecular formula is C17H36IN5O2S. The van der Waals surface area contributed by atoms with Crippen LogP contribution in [-0.4, -0.2) is 70.3 Å². The highest BCUT2D eigenvalue weighted by molar-refractivity contribution is 14.0. The fraction of sp³-hybridized carbons (Fsp3) is 0.941. The van der Waals surface area contributed by atoms with Crippen molar-refractivity contribution in [2.75, 3.05) is 39.0 Å². The SMILES string of the molecule is CN=C(NCCS(=O)(=O)NCC1CCC1)NC1CN(C(C)C)CC1C.I. The van der Waals surface area contributed by atoms with Gasteiger partial charge in [0.05, 0.1) is 5.75 Å². The summed E-state index contributed by atoms with van der Waals surface area (Å²) >= 11 is 0. The Labute approximate surface area is 176 Å². The second kappa shape index (κ2) is 11.0.